The number of hydrogen-bond acceptors (Lipinski definition) is 5. The number of aliphatic carboxylic acids is 1. The third kappa shape index (κ3) is 4.68. The predicted molar refractivity (Wildman–Crippen MR) is 67.0 cm³/mol. The Balaban J connectivity index is 2.63. The minimum Gasteiger partial charge on any atom is -0.480 e. The van der Waals surface area contributed by atoms with Crippen LogP contribution >= 0.6 is 0 Å². The molecule has 3 N–H and O–H groups in total. The molecular weight excluding hydrogens is 286 g/mol. The maximum atomic E-state index is 11.8. The Kier molecular flexibility index (Phi) is 5.19. The average molecular weight is 297 g/mol. The summed E-state index contributed by atoms with van der Waals surface area (Å²) < 4.78 is 25.6. The van der Waals surface area contributed by atoms with Gasteiger partial charge < -0.3 is 10.4 Å². The third-order valence-electron chi connectivity index (χ3n) is 2.15. The Hall–Kier alpha value is -2.44. The molecule has 0 aliphatic carbocycles. The van der Waals surface area contributed by atoms with Gasteiger partial charge in [0.15, 0.2) is 0 Å². The van der Waals surface area contributed by atoms with Crippen molar-refractivity contribution in [2.75, 3.05) is 13.1 Å². The van der Waals surface area contributed by atoms with Gasteiger partial charge in [0.05, 0.1) is 23.1 Å². The van der Waals surface area contributed by atoms with Gasteiger partial charge in [-0.2, -0.15) is 5.26 Å². The monoisotopic (exact) mass is 297 g/mol. The smallest absolute Gasteiger partial charge is 0.322 e. The van der Waals surface area contributed by atoms with Gasteiger partial charge in [0.2, 0.25) is 15.9 Å². The third-order valence-corrected chi connectivity index (χ3v) is 3.57. The Bertz CT molecular complexity index is 646. The second kappa shape index (κ2) is 6.65. The Morgan fingerprint density at radius 3 is 2.30 bits per heavy atom. The molecule has 0 unspecified atom stereocenters. The number of benzene rings is 1. The maximum absolute atomic E-state index is 11.8. The summed E-state index contributed by atoms with van der Waals surface area (Å²) in [6.45, 7) is -1.16. The van der Waals surface area contributed by atoms with Crippen LogP contribution in [0, 0.1) is 11.3 Å². The van der Waals surface area contributed by atoms with Crippen molar-refractivity contribution in [3.63, 3.8) is 0 Å². The number of amides is 1. The molecule has 106 valence electrons. The number of nitriles is 1. The predicted octanol–water partition coefficient (Wildman–Crippen LogP) is -0.963. The van der Waals surface area contributed by atoms with Crippen LogP contribution in [0.5, 0.6) is 0 Å². The highest BCUT2D eigenvalue weighted by atomic mass is 32.2. The van der Waals surface area contributed by atoms with Gasteiger partial charge in [0.25, 0.3) is 0 Å². The molecule has 0 spiro atoms. The first kappa shape index (κ1) is 15.6. The van der Waals surface area contributed by atoms with Gasteiger partial charge in [-0.1, -0.05) is 0 Å². The lowest BCUT2D eigenvalue weighted by molar-refractivity contribution is -0.137. The molecule has 0 saturated carbocycles. The molecule has 1 aromatic rings. The lowest BCUT2D eigenvalue weighted by Gasteiger charge is -2.06. The standard InChI is InChI=1S/C11H11N3O5S/c12-5-8-1-3-9(4-2-8)20(18,19)14-6-10(15)13-7-11(16)17/h1-4,14H,6-7H2,(H,13,15)(H,16,17). The summed E-state index contributed by atoms with van der Waals surface area (Å²) in [6, 6.07) is 6.98. The summed E-state index contributed by atoms with van der Waals surface area (Å²) in [4.78, 5) is 21.3. The highest BCUT2D eigenvalue weighted by molar-refractivity contribution is 7.89. The molecule has 0 heterocycles. The van der Waals surface area contributed by atoms with Crippen LogP contribution in [-0.2, 0) is 19.6 Å². The molecule has 0 radical (unpaired) electrons. The van der Waals surface area contributed by atoms with Crippen LogP contribution in [0.15, 0.2) is 29.2 Å². The lowest BCUT2D eigenvalue weighted by atomic mass is 10.2. The fraction of sp³-hybridized carbons (Fsp3) is 0.182. The van der Waals surface area contributed by atoms with E-state index in [1.54, 1.807) is 0 Å². The van der Waals surface area contributed by atoms with Crippen molar-refractivity contribution in [2.45, 2.75) is 4.90 Å². The van der Waals surface area contributed by atoms with E-state index >= 15 is 0 Å². The summed E-state index contributed by atoms with van der Waals surface area (Å²) in [5.41, 5.74) is 0.308. The van der Waals surface area contributed by atoms with Crippen LogP contribution in [0.4, 0.5) is 0 Å². The molecule has 1 aromatic carbocycles. The van der Waals surface area contributed by atoms with E-state index < -0.39 is 35.0 Å². The van der Waals surface area contributed by atoms with Gasteiger partial charge in [-0.05, 0) is 24.3 Å². The van der Waals surface area contributed by atoms with Crippen molar-refractivity contribution >= 4 is 21.9 Å². The van der Waals surface area contributed by atoms with Crippen LogP contribution in [0.1, 0.15) is 5.56 Å². The fourth-order valence-electron chi connectivity index (χ4n) is 1.19. The second-order valence-corrected chi connectivity index (χ2v) is 5.40. The second-order valence-electron chi connectivity index (χ2n) is 3.63. The molecule has 0 aliphatic rings. The molecule has 0 aromatic heterocycles. The van der Waals surface area contributed by atoms with Crippen molar-refractivity contribution in [3.05, 3.63) is 29.8 Å². The summed E-state index contributed by atoms with van der Waals surface area (Å²) in [6.07, 6.45) is 0. The van der Waals surface area contributed by atoms with Crippen LogP contribution in [0.3, 0.4) is 0 Å². The van der Waals surface area contributed by atoms with Crippen molar-refractivity contribution in [2.24, 2.45) is 0 Å². The van der Waals surface area contributed by atoms with E-state index in [4.69, 9.17) is 10.4 Å². The van der Waals surface area contributed by atoms with Gasteiger partial charge in [-0.15, -0.1) is 0 Å². The number of nitrogens with one attached hydrogen (secondary N) is 2. The molecule has 9 heteroatoms. The molecular formula is C11H11N3O5S. The molecule has 0 saturated heterocycles. The molecule has 0 aliphatic heterocycles. The fourth-order valence-corrected chi connectivity index (χ4v) is 2.17. The zero-order valence-electron chi connectivity index (χ0n) is 10.2. The molecule has 20 heavy (non-hydrogen) atoms. The molecule has 1 rings (SSSR count). The molecule has 0 bridgehead atoms. The number of sulfonamides is 1. The molecule has 1 amide bonds. The van der Waals surface area contributed by atoms with Gasteiger partial charge in [0.1, 0.15) is 6.54 Å². The Labute approximate surface area is 115 Å². The first-order valence-electron chi connectivity index (χ1n) is 5.33. The number of carbonyl (C=O) groups is 2. The topological polar surface area (TPSA) is 136 Å². The van der Waals surface area contributed by atoms with Crippen molar-refractivity contribution in [1.82, 2.24) is 10.0 Å². The largest absolute Gasteiger partial charge is 0.480 e. The van der Waals surface area contributed by atoms with Gasteiger partial charge in [-0.3, -0.25) is 9.59 Å². The number of nitrogens with zero attached hydrogens (tertiary/aromatic N) is 1. The van der Waals surface area contributed by atoms with E-state index in [-0.39, 0.29) is 4.90 Å². The highest BCUT2D eigenvalue weighted by Gasteiger charge is 2.15. The van der Waals surface area contributed by atoms with Crippen molar-refractivity contribution in [1.29, 1.82) is 5.26 Å². The van der Waals surface area contributed by atoms with Crippen molar-refractivity contribution in [3.8, 4) is 6.07 Å². The van der Waals surface area contributed by atoms with E-state index in [0.29, 0.717) is 5.56 Å². The number of hydrogen-bond donors (Lipinski definition) is 3. The SMILES string of the molecule is N#Cc1ccc(S(=O)(=O)NCC(=O)NCC(=O)O)cc1. The van der Waals surface area contributed by atoms with E-state index in [0.717, 1.165) is 0 Å². The van der Waals surface area contributed by atoms with E-state index in [1.807, 2.05) is 16.1 Å². The van der Waals surface area contributed by atoms with E-state index in [2.05, 4.69) is 0 Å². The quantitative estimate of drug-likeness (QED) is 0.618. The first-order chi connectivity index (χ1) is 9.35. The Morgan fingerprint density at radius 1 is 1.20 bits per heavy atom. The Morgan fingerprint density at radius 2 is 1.80 bits per heavy atom. The van der Waals surface area contributed by atoms with E-state index in [9.17, 15) is 18.0 Å². The minimum atomic E-state index is -3.89. The molecule has 0 atom stereocenters. The summed E-state index contributed by atoms with van der Waals surface area (Å²) in [7, 11) is -3.89. The van der Waals surface area contributed by atoms with Crippen LogP contribution < -0.4 is 10.0 Å². The maximum Gasteiger partial charge on any atom is 0.322 e. The number of rotatable bonds is 6. The minimum absolute atomic E-state index is 0.0949. The summed E-state index contributed by atoms with van der Waals surface area (Å²) >= 11 is 0. The van der Waals surface area contributed by atoms with E-state index in [1.165, 1.54) is 24.3 Å². The molecule has 0 fully saturated rings. The van der Waals surface area contributed by atoms with Crippen LogP contribution in [0.2, 0.25) is 0 Å². The lowest BCUT2D eigenvalue weighted by Crippen LogP contribution is -2.38. The van der Waals surface area contributed by atoms with Gasteiger partial charge in [-0.25, -0.2) is 13.1 Å². The normalized spacial score (nSPS) is 10.6. The first-order valence-corrected chi connectivity index (χ1v) is 6.82. The number of carboxylic acid groups (broad SMARTS) is 1. The number of carboxylic acids is 1. The van der Waals surface area contributed by atoms with Gasteiger partial charge >= 0.3 is 5.97 Å². The molecule has 8 nitrogen and oxygen atoms in total. The average Bonchev–Trinajstić information content (AvgIpc) is 2.43. The summed E-state index contributed by atoms with van der Waals surface area (Å²) in [5.74, 6) is -1.99. The van der Waals surface area contributed by atoms with Crippen LogP contribution in [-0.4, -0.2) is 38.5 Å². The highest BCUT2D eigenvalue weighted by Crippen LogP contribution is 2.09. The zero-order valence-corrected chi connectivity index (χ0v) is 11.0. The van der Waals surface area contributed by atoms with Crippen LogP contribution in [0.25, 0.3) is 0 Å². The zero-order chi connectivity index (χ0) is 15.2. The van der Waals surface area contributed by atoms with Crippen molar-refractivity contribution < 1.29 is 23.1 Å². The number of carbonyl (C=O) groups excluding carboxylic acids is 1. The van der Waals surface area contributed by atoms with Gasteiger partial charge in [0, 0.05) is 0 Å². The summed E-state index contributed by atoms with van der Waals surface area (Å²) in [5, 5.41) is 18.9.